The minimum absolute atomic E-state index is 0.260. The van der Waals surface area contributed by atoms with Crippen LogP contribution in [0.4, 0.5) is 16.7 Å². The number of urea groups is 1. The summed E-state index contributed by atoms with van der Waals surface area (Å²) < 4.78 is 0. The fraction of sp³-hybridized carbons (Fsp3) is 0.294. The Bertz CT molecular complexity index is 893. The molecule has 2 aliphatic heterocycles. The Morgan fingerprint density at radius 1 is 0.963 bits per heavy atom. The standard InChI is InChI=1S/C17H18N8O2/c1-23-13(14(26)22-17(23)27)11-12-3-6-20-16(21-12)25-9-7-24(8-10-25)15-18-4-2-5-19-15/h2-6,11H,7-10H2,1H3,(H,22,26,27)/b13-11+. The number of piperazine rings is 1. The average Bonchev–Trinajstić information content (AvgIpc) is 2.95. The number of nitrogens with one attached hydrogen (secondary N) is 1. The van der Waals surface area contributed by atoms with Gasteiger partial charge in [-0.05, 0) is 18.2 Å². The van der Waals surface area contributed by atoms with E-state index in [0.29, 0.717) is 11.6 Å². The van der Waals surface area contributed by atoms with E-state index in [1.807, 2.05) is 0 Å². The van der Waals surface area contributed by atoms with Crippen LogP contribution in [0.1, 0.15) is 5.69 Å². The topological polar surface area (TPSA) is 107 Å². The van der Waals surface area contributed by atoms with E-state index in [4.69, 9.17) is 0 Å². The number of aromatic nitrogens is 4. The highest BCUT2D eigenvalue weighted by molar-refractivity contribution is 6.13. The number of carbonyl (C=O) groups excluding carboxylic acids is 2. The number of likely N-dealkylation sites (N-methyl/N-ethyl adjacent to an activating group) is 1. The first kappa shape index (κ1) is 16.9. The SMILES string of the molecule is CN1C(=O)NC(=O)/C1=C\c1ccnc(N2CCN(c3ncccn3)CC2)n1. The first-order valence-electron chi connectivity index (χ1n) is 8.52. The Balaban J connectivity index is 1.48. The maximum atomic E-state index is 11.8. The number of rotatable bonds is 3. The van der Waals surface area contributed by atoms with Gasteiger partial charge in [0.15, 0.2) is 0 Å². The van der Waals surface area contributed by atoms with Crippen molar-refractivity contribution in [1.29, 1.82) is 0 Å². The largest absolute Gasteiger partial charge is 0.337 e. The van der Waals surface area contributed by atoms with Crippen molar-refractivity contribution in [2.45, 2.75) is 0 Å². The summed E-state index contributed by atoms with van der Waals surface area (Å²) >= 11 is 0. The van der Waals surface area contributed by atoms with Crippen LogP contribution in [0, 0.1) is 0 Å². The van der Waals surface area contributed by atoms with Crippen LogP contribution in [-0.2, 0) is 4.79 Å². The number of imide groups is 1. The first-order chi connectivity index (χ1) is 13.1. The molecule has 0 spiro atoms. The number of carbonyl (C=O) groups is 2. The number of hydrogen-bond donors (Lipinski definition) is 1. The van der Waals surface area contributed by atoms with Crippen LogP contribution in [0.25, 0.3) is 6.08 Å². The molecule has 138 valence electrons. The zero-order valence-electron chi connectivity index (χ0n) is 14.7. The Morgan fingerprint density at radius 3 is 2.22 bits per heavy atom. The maximum Gasteiger partial charge on any atom is 0.328 e. The second-order valence-corrected chi connectivity index (χ2v) is 6.15. The quantitative estimate of drug-likeness (QED) is 0.603. The smallest absolute Gasteiger partial charge is 0.328 e. The van der Waals surface area contributed by atoms with Gasteiger partial charge in [0.25, 0.3) is 5.91 Å². The summed E-state index contributed by atoms with van der Waals surface area (Å²) in [5.74, 6) is 0.876. The molecule has 2 aromatic rings. The van der Waals surface area contributed by atoms with Crippen LogP contribution in [0.5, 0.6) is 0 Å². The normalized spacial score (nSPS) is 19.0. The average molecular weight is 366 g/mol. The minimum atomic E-state index is -0.445. The van der Waals surface area contributed by atoms with Crippen LogP contribution >= 0.6 is 0 Å². The van der Waals surface area contributed by atoms with E-state index in [1.54, 1.807) is 43.8 Å². The lowest BCUT2D eigenvalue weighted by Crippen LogP contribution is -2.47. The predicted octanol–water partition coefficient (Wildman–Crippen LogP) is 0.116. The van der Waals surface area contributed by atoms with Crippen molar-refractivity contribution in [2.75, 3.05) is 43.0 Å². The third-order valence-electron chi connectivity index (χ3n) is 4.47. The molecule has 4 rings (SSSR count). The molecule has 0 bridgehead atoms. The first-order valence-corrected chi connectivity index (χ1v) is 8.52. The van der Waals surface area contributed by atoms with Crippen LogP contribution in [0.15, 0.2) is 36.4 Å². The summed E-state index contributed by atoms with van der Waals surface area (Å²) in [4.78, 5) is 46.3. The fourth-order valence-electron chi connectivity index (χ4n) is 2.96. The second kappa shape index (κ2) is 6.98. The molecular weight excluding hydrogens is 348 g/mol. The molecule has 0 atom stereocenters. The Kier molecular flexibility index (Phi) is 4.37. The van der Waals surface area contributed by atoms with Gasteiger partial charge in [-0.2, -0.15) is 0 Å². The van der Waals surface area contributed by atoms with Crippen molar-refractivity contribution in [3.05, 3.63) is 42.1 Å². The van der Waals surface area contributed by atoms with Gasteiger partial charge in [-0.1, -0.05) is 0 Å². The maximum absolute atomic E-state index is 11.8. The number of anilines is 2. The van der Waals surface area contributed by atoms with Crippen LogP contribution < -0.4 is 15.1 Å². The minimum Gasteiger partial charge on any atom is -0.337 e. The van der Waals surface area contributed by atoms with Gasteiger partial charge in [0.1, 0.15) is 5.70 Å². The van der Waals surface area contributed by atoms with E-state index in [2.05, 4.69) is 35.1 Å². The van der Waals surface area contributed by atoms with Gasteiger partial charge in [-0.3, -0.25) is 15.0 Å². The highest BCUT2D eigenvalue weighted by Gasteiger charge is 2.30. The summed E-state index contributed by atoms with van der Waals surface area (Å²) in [6.07, 6.45) is 6.70. The zero-order chi connectivity index (χ0) is 18.8. The molecule has 0 radical (unpaired) electrons. The van der Waals surface area contributed by atoms with Crippen molar-refractivity contribution in [2.24, 2.45) is 0 Å². The molecule has 2 saturated heterocycles. The molecule has 0 unspecified atom stereocenters. The molecule has 2 aliphatic rings. The van der Waals surface area contributed by atoms with Crippen molar-refractivity contribution in [3.8, 4) is 0 Å². The predicted molar refractivity (Wildman–Crippen MR) is 97.8 cm³/mol. The lowest BCUT2D eigenvalue weighted by molar-refractivity contribution is -0.115. The Labute approximate surface area is 155 Å². The molecule has 0 aromatic carbocycles. The van der Waals surface area contributed by atoms with Crippen LogP contribution in [0.3, 0.4) is 0 Å². The molecular formula is C17H18N8O2. The molecule has 2 aromatic heterocycles. The molecule has 10 heteroatoms. The van der Waals surface area contributed by atoms with E-state index in [9.17, 15) is 9.59 Å². The lowest BCUT2D eigenvalue weighted by Gasteiger charge is -2.34. The molecule has 27 heavy (non-hydrogen) atoms. The van der Waals surface area contributed by atoms with E-state index >= 15 is 0 Å². The summed E-state index contributed by atoms with van der Waals surface area (Å²) in [6, 6.07) is 3.05. The molecule has 10 nitrogen and oxygen atoms in total. The Morgan fingerprint density at radius 2 is 1.59 bits per heavy atom. The van der Waals surface area contributed by atoms with Gasteiger partial charge in [-0.15, -0.1) is 0 Å². The van der Waals surface area contributed by atoms with E-state index in [1.165, 1.54) is 4.90 Å². The molecule has 0 aliphatic carbocycles. The number of hydrogen-bond acceptors (Lipinski definition) is 8. The van der Waals surface area contributed by atoms with Gasteiger partial charge >= 0.3 is 6.03 Å². The summed E-state index contributed by atoms with van der Waals surface area (Å²) in [5, 5.41) is 2.24. The van der Waals surface area contributed by atoms with Crippen LogP contribution in [0.2, 0.25) is 0 Å². The summed E-state index contributed by atoms with van der Waals surface area (Å²) in [5.41, 5.74) is 0.830. The van der Waals surface area contributed by atoms with Gasteiger partial charge in [0, 0.05) is 51.8 Å². The molecule has 4 heterocycles. The van der Waals surface area contributed by atoms with E-state index in [0.717, 1.165) is 32.1 Å². The molecule has 1 N–H and O–H groups in total. The highest BCUT2D eigenvalue weighted by atomic mass is 16.2. The van der Waals surface area contributed by atoms with E-state index in [-0.39, 0.29) is 5.70 Å². The van der Waals surface area contributed by atoms with Gasteiger partial charge in [0.2, 0.25) is 11.9 Å². The highest BCUT2D eigenvalue weighted by Crippen LogP contribution is 2.17. The third-order valence-corrected chi connectivity index (χ3v) is 4.47. The molecule has 2 fully saturated rings. The zero-order valence-corrected chi connectivity index (χ0v) is 14.7. The van der Waals surface area contributed by atoms with Crippen LogP contribution in [-0.4, -0.2) is 70.0 Å². The molecule has 0 saturated carbocycles. The summed E-state index contributed by atoms with van der Waals surface area (Å²) in [7, 11) is 1.54. The Hall–Kier alpha value is -3.56. The number of nitrogens with zero attached hydrogens (tertiary/aromatic N) is 7. The van der Waals surface area contributed by atoms with Crippen molar-refractivity contribution in [3.63, 3.8) is 0 Å². The van der Waals surface area contributed by atoms with Gasteiger partial charge < -0.3 is 9.80 Å². The summed E-state index contributed by atoms with van der Waals surface area (Å²) in [6.45, 7) is 2.99. The molecule has 3 amide bonds. The van der Waals surface area contributed by atoms with E-state index < -0.39 is 11.9 Å². The van der Waals surface area contributed by atoms with Gasteiger partial charge in [-0.25, -0.2) is 24.7 Å². The monoisotopic (exact) mass is 366 g/mol. The third kappa shape index (κ3) is 3.41. The van der Waals surface area contributed by atoms with Crippen molar-refractivity contribution < 1.29 is 9.59 Å². The second-order valence-electron chi connectivity index (χ2n) is 6.15. The fourth-order valence-corrected chi connectivity index (χ4v) is 2.96. The van der Waals surface area contributed by atoms with Crippen molar-refractivity contribution >= 4 is 29.9 Å². The lowest BCUT2D eigenvalue weighted by atomic mass is 10.3. The van der Waals surface area contributed by atoms with Crippen molar-refractivity contribution in [1.82, 2.24) is 30.2 Å². The van der Waals surface area contributed by atoms with Gasteiger partial charge in [0.05, 0.1) is 5.69 Å². The number of amides is 3.